The molecule has 0 aromatic carbocycles. The maximum absolute atomic E-state index is 12.0. The monoisotopic (exact) mass is 341 g/mol. The van der Waals surface area contributed by atoms with Crippen LogP contribution in [0.5, 0.6) is 0 Å². The summed E-state index contributed by atoms with van der Waals surface area (Å²) in [4.78, 5) is 28.4. The fourth-order valence-electron chi connectivity index (χ4n) is 2.06. The van der Waals surface area contributed by atoms with Gasteiger partial charge in [0.25, 0.3) is 0 Å². The summed E-state index contributed by atoms with van der Waals surface area (Å²) in [6.07, 6.45) is 4.67. The molecule has 0 aliphatic heterocycles. The van der Waals surface area contributed by atoms with Crippen LogP contribution in [0.25, 0.3) is 5.82 Å². The van der Waals surface area contributed by atoms with Crippen LogP contribution in [-0.4, -0.2) is 41.4 Å². The van der Waals surface area contributed by atoms with E-state index in [1.165, 1.54) is 18.1 Å². The number of carbonyl (C=O) groups excluding carboxylic acids is 1. The zero-order valence-electron chi connectivity index (χ0n) is 13.2. The van der Waals surface area contributed by atoms with Gasteiger partial charge in [0.1, 0.15) is 12.1 Å². The Hall–Kier alpha value is -2.81. The maximum atomic E-state index is 12.0. The van der Waals surface area contributed by atoms with Crippen LogP contribution in [0, 0.1) is 13.8 Å². The van der Waals surface area contributed by atoms with Crippen molar-refractivity contribution < 1.29 is 4.79 Å². The second kappa shape index (κ2) is 7.18. The van der Waals surface area contributed by atoms with Crippen molar-refractivity contribution in [2.45, 2.75) is 19.0 Å². The lowest BCUT2D eigenvalue weighted by atomic mass is 10.4. The normalized spacial score (nSPS) is 10.6. The average Bonchev–Trinajstić information content (AvgIpc) is 2.93. The molecule has 3 rings (SSSR count). The summed E-state index contributed by atoms with van der Waals surface area (Å²) in [7, 11) is 0. The quantitative estimate of drug-likeness (QED) is 0.558. The molecule has 0 saturated carbocycles. The van der Waals surface area contributed by atoms with Crippen LogP contribution in [0.2, 0.25) is 0 Å². The van der Waals surface area contributed by atoms with Gasteiger partial charge in [-0.25, -0.2) is 24.6 Å². The van der Waals surface area contributed by atoms with Gasteiger partial charge >= 0.3 is 0 Å². The summed E-state index contributed by atoms with van der Waals surface area (Å²) in [6.45, 7) is 3.85. The van der Waals surface area contributed by atoms with Gasteiger partial charge in [-0.05, 0) is 26.0 Å². The molecule has 1 amide bonds. The molecule has 3 aromatic rings. The minimum atomic E-state index is -0.189. The van der Waals surface area contributed by atoms with Crippen LogP contribution in [0.1, 0.15) is 11.4 Å². The number of hydrogen-bond donors (Lipinski definition) is 1. The Kier molecular flexibility index (Phi) is 4.80. The van der Waals surface area contributed by atoms with Crippen LogP contribution in [0.15, 0.2) is 42.1 Å². The number of rotatable bonds is 5. The number of hydrogen-bond acceptors (Lipinski definition) is 7. The Morgan fingerprint density at radius 2 is 1.96 bits per heavy atom. The van der Waals surface area contributed by atoms with Gasteiger partial charge in [0.2, 0.25) is 5.91 Å². The van der Waals surface area contributed by atoms with Crippen LogP contribution < -0.4 is 5.32 Å². The average molecular weight is 341 g/mol. The summed E-state index contributed by atoms with van der Waals surface area (Å²) in [5.41, 5.74) is 1.86. The van der Waals surface area contributed by atoms with E-state index in [1.54, 1.807) is 29.2 Å². The maximum Gasteiger partial charge on any atom is 0.236 e. The lowest BCUT2D eigenvalue weighted by Crippen LogP contribution is -2.16. The number of thioether (sulfide) groups is 1. The van der Waals surface area contributed by atoms with Crippen LogP contribution >= 0.6 is 11.8 Å². The molecule has 0 atom stereocenters. The SMILES string of the molecule is Cc1cc(C)n(-c2cc(NC(=O)CSc3ncccn3)ncn2)n1. The van der Waals surface area contributed by atoms with Gasteiger partial charge in [-0.1, -0.05) is 11.8 Å². The molecule has 1 N–H and O–H groups in total. The largest absolute Gasteiger partial charge is 0.310 e. The molecule has 0 spiro atoms. The molecule has 9 heteroatoms. The second-order valence-corrected chi connectivity index (χ2v) is 5.91. The molecule has 24 heavy (non-hydrogen) atoms. The highest BCUT2D eigenvalue weighted by Crippen LogP contribution is 2.14. The van der Waals surface area contributed by atoms with E-state index in [4.69, 9.17) is 0 Å². The highest BCUT2D eigenvalue weighted by molar-refractivity contribution is 7.99. The Morgan fingerprint density at radius 3 is 2.67 bits per heavy atom. The van der Waals surface area contributed by atoms with Gasteiger partial charge in [-0.2, -0.15) is 5.10 Å². The molecule has 8 nitrogen and oxygen atoms in total. The van der Waals surface area contributed by atoms with E-state index in [9.17, 15) is 4.79 Å². The number of carbonyl (C=O) groups is 1. The third-order valence-corrected chi connectivity index (χ3v) is 3.90. The van der Waals surface area contributed by atoms with E-state index in [-0.39, 0.29) is 11.7 Å². The number of anilines is 1. The molecular weight excluding hydrogens is 326 g/mol. The van der Waals surface area contributed by atoms with Crippen LogP contribution in [-0.2, 0) is 4.79 Å². The molecule has 0 aliphatic rings. The van der Waals surface area contributed by atoms with Gasteiger partial charge in [0, 0.05) is 24.2 Å². The van der Waals surface area contributed by atoms with Gasteiger partial charge in [-0.15, -0.1) is 0 Å². The molecule has 0 saturated heterocycles. The molecule has 3 heterocycles. The molecule has 0 aliphatic carbocycles. The topological polar surface area (TPSA) is 98.5 Å². The fraction of sp³-hybridized carbons (Fsp3) is 0.200. The van der Waals surface area contributed by atoms with Crippen LogP contribution in [0.3, 0.4) is 0 Å². The van der Waals surface area contributed by atoms with Gasteiger partial charge in [0.15, 0.2) is 11.0 Å². The third kappa shape index (κ3) is 3.93. The molecule has 0 radical (unpaired) electrons. The standard InChI is InChI=1S/C15H15N7OS/c1-10-6-11(2)22(21-10)13-7-12(18-9-19-13)20-14(23)8-24-15-16-4-3-5-17-15/h3-7,9H,8H2,1-2H3,(H,18,19,20,23). The van der Waals surface area contributed by atoms with E-state index < -0.39 is 0 Å². The number of aromatic nitrogens is 6. The van der Waals surface area contributed by atoms with Crippen molar-refractivity contribution in [3.8, 4) is 5.82 Å². The highest BCUT2D eigenvalue weighted by atomic mass is 32.2. The van der Waals surface area contributed by atoms with Crippen molar-refractivity contribution in [3.05, 3.63) is 48.3 Å². The van der Waals surface area contributed by atoms with Crippen molar-refractivity contribution in [2.75, 3.05) is 11.1 Å². The van der Waals surface area contributed by atoms with Gasteiger partial charge in [-0.3, -0.25) is 4.79 Å². The van der Waals surface area contributed by atoms with Crippen molar-refractivity contribution >= 4 is 23.5 Å². The Balaban J connectivity index is 1.66. The summed E-state index contributed by atoms with van der Waals surface area (Å²) >= 11 is 1.26. The van der Waals surface area contributed by atoms with E-state index in [0.717, 1.165) is 11.4 Å². The summed E-state index contributed by atoms with van der Waals surface area (Å²) in [5.74, 6) is 1.03. The summed E-state index contributed by atoms with van der Waals surface area (Å²) < 4.78 is 1.71. The van der Waals surface area contributed by atoms with E-state index in [1.807, 2.05) is 19.9 Å². The smallest absolute Gasteiger partial charge is 0.236 e. The van der Waals surface area contributed by atoms with Crippen molar-refractivity contribution in [1.82, 2.24) is 29.7 Å². The van der Waals surface area contributed by atoms with Crippen molar-refractivity contribution in [3.63, 3.8) is 0 Å². The molecule has 3 aromatic heterocycles. The Bertz CT molecular complexity index is 850. The third-order valence-electron chi connectivity index (χ3n) is 3.02. The Labute approximate surface area is 142 Å². The van der Waals surface area contributed by atoms with Gasteiger partial charge in [0.05, 0.1) is 11.4 Å². The lowest BCUT2D eigenvalue weighted by Gasteiger charge is -2.07. The van der Waals surface area contributed by atoms with Crippen molar-refractivity contribution in [1.29, 1.82) is 0 Å². The number of aryl methyl sites for hydroxylation is 2. The zero-order valence-corrected chi connectivity index (χ0v) is 14.0. The van der Waals surface area contributed by atoms with Crippen LogP contribution in [0.4, 0.5) is 5.82 Å². The summed E-state index contributed by atoms with van der Waals surface area (Å²) in [5, 5.41) is 7.67. The number of nitrogens with one attached hydrogen (secondary N) is 1. The zero-order chi connectivity index (χ0) is 16.9. The number of amides is 1. The van der Waals surface area contributed by atoms with Crippen molar-refractivity contribution in [2.24, 2.45) is 0 Å². The molecule has 0 fully saturated rings. The predicted octanol–water partition coefficient (Wildman–Crippen LogP) is 1.80. The predicted molar refractivity (Wildman–Crippen MR) is 90.0 cm³/mol. The fourth-order valence-corrected chi connectivity index (χ4v) is 2.66. The first-order valence-corrected chi connectivity index (χ1v) is 8.16. The van der Waals surface area contributed by atoms with Gasteiger partial charge < -0.3 is 5.32 Å². The molecule has 0 bridgehead atoms. The lowest BCUT2D eigenvalue weighted by molar-refractivity contribution is -0.113. The number of nitrogens with zero attached hydrogens (tertiary/aromatic N) is 6. The van der Waals surface area contributed by atoms with E-state index >= 15 is 0 Å². The Morgan fingerprint density at radius 1 is 1.17 bits per heavy atom. The first kappa shape index (κ1) is 16.1. The highest BCUT2D eigenvalue weighted by Gasteiger charge is 2.09. The first-order chi connectivity index (χ1) is 11.6. The molecular formula is C15H15N7OS. The minimum Gasteiger partial charge on any atom is -0.310 e. The van der Waals surface area contributed by atoms with E-state index in [0.29, 0.717) is 16.8 Å². The first-order valence-electron chi connectivity index (χ1n) is 7.17. The summed E-state index contributed by atoms with van der Waals surface area (Å²) in [6, 6.07) is 5.36. The molecule has 122 valence electrons. The van der Waals surface area contributed by atoms with E-state index in [2.05, 4.69) is 30.4 Å². The second-order valence-electron chi connectivity index (χ2n) is 4.97. The molecule has 0 unspecified atom stereocenters. The minimum absolute atomic E-state index is 0.189.